The van der Waals surface area contributed by atoms with Crippen LogP contribution < -0.4 is 15.4 Å². The molecule has 0 spiro atoms. The van der Waals surface area contributed by atoms with Crippen molar-refractivity contribution >= 4 is 34.9 Å². The van der Waals surface area contributed by atoms with Crippen LogP contribution in [0.25, 0.3) is 6.08 Å². The van der Waals surface area contributed by atoms with Crippen LogP contribution in [0, 0.1) is 0 Å². The summed E-state index contributed by atoms with van der Waals surface area (Å²) in [5.41, 5.74) is 1.25. The molecule has 0 saturated heterocycles. The van der Waals surface area contributed by atoms with Crippen LogP contribution in [0.3, 0.4) is 0 Å². The summed E-state index contributed by atoms with van der Waals surface area (Å²) in [6.45, 7) is 0. The molecule has 0 radical (unpaired) electrons. The number of anilines is 1. The lowest BCUT2D eigenvalue weighted by atomic mass is 10.2. The van der Waals surface area contributed by atoms with Gasteiger partial charge in [0.05, 0.1) is 7.11 Å². The van der Waals surface area contributed by atoms with Crippen molar-refractivity contribution in [3.8, 4) is 5.75 Å². The van der Waals surface area contributed by atoms with E-state index in [4.69, 9.17) is 4.74 Å². The Morgan fingerprint density at radius 2 is 1.70 bits per heavy atom. The summed E-state index contributed by atoms with van der Waals surface area (Å²) in [5.74, 6) is -0.0548. The van der Waals surface area contributed by atoms with Crippen LogP contribution in [0.5, 0.6) is 5.75 Å². The Bertz CT molecular complexity index is 933. The maximum atomic E-state index is 12.7. The topological polar surface area (TPSA) is 67.4 Å². The van der Waals surface area contributed by atoms with E-state index in [0.717, 1.165) is 4.88 Å². The number of rotatable bonds is 6. The molecule has 0 bridgehead atoms. The van der Waals surface area contributed by atoms with Crippen molar-refractivity contribution < 1.29 is 14.3 Å². The number of amides is 2. The molecular formula is C21H18N2O3S. The maximum Gasteiger partial charge on any atom is 0.272 e. The molecule has 6 heteroatoms. The molecule has 1 aromatic heterocycles. The van der Waals surface area contributed by atoms with Crippen molar-refractivity contribution in [1.82, 2.24) is 5.32 Å². The van der Waals surface area contributed by atoms with E-state index in [1.165, 1.54) is 11.3 Å². The second-order valence-corrected chi connectivity index (χ2v) is 6.56. The van der Waals surface area contributed by atoms with E-state index < -0.39 is 5.91 Å². The molecule has 27 heavy (non-hydrogen) atoms. The van der Waals surface area contributed by atoms with Gasteiger partial charge >= 0.3 is 0 Å². The molecule has 0 aliphatic rings. The smallest absolute Gasteiger partial charge is 0.272 e. The van der Waals surface area contributed by atoms with Crippen LogP contribution in [0.15, 0.2) is 77.8 Å². The average molecular weight is 378 g/mol. The first-order chi connectivity index (χ1) is 13.2. The quantitative estimate of drug-likeness (QED) is 0.633. The van der Waals surface area contributed by atoms with E-state index >= 15 is 0 Å². The first-order valence-corrected chi connectivity index (χ1v) is 9.10. The average Bonchev–Trinajstić information content (AvgIpc) is 3.22. The molecule has 0 unspecified atom stereocenters. The van der Waals surface area contributed by atoms with Gasteiger partial charge in [0, 0.05) is 16.1 Å². The third-order valence-corrected chi connectivity index (χ3v) is 4.53. The fraction of sp³-hybridized carbons (Fsp3) is 0.0476. The maximum absolute atomic E-state index is 12.7. The summed E-state index contributed by atoms with van der Waals surface area (Å²) in [4.78, 5) is 26.1. The highest BCUT2D eigenvalue weighted by Gasteiger charge is 2.15. The number of thiophene rings is 1. The van der Waals surface area contributed by atoms with Gasteiger partial charge in [-0.2, -0.15) is 0 Å². The number of hydrogen-bond acceptors (Lipinski definition) is 4. The predicted molar refractivity (Wildman–Crippen MR) is 108 cm³/mol. The molecule has 1 heterocycles. The van der Waals surface area contributed by atoms with E-state index in [0.29, 0.717) is 17.0 Å². The monoisotopic (exact) mass is 378 g/mol. The second kappa shape index (κ2) is 8.82. The molecule has 0 saturated carbocycles. The minimum absolute atomic E-state index is 0.169. The van der Waals surface area contributed by atoms with Gasteiger partial charge in [-0.25, -0.2) is 0 Å². The van der Waals surface area contributed by atoms with Crippen molar-refractivity contribution in [1.29, 1.82) is 0 Å². The standard InChI is InChI=1S/C21H18N2O3S/c1-26-17-11-9-16(10-12-17)22-21(25)19(14-18-8-5-13-27-18)23-20(24)15-6-3-2-4-7-15/h2-14H,1H3,(H,22,25)(H,23,24)/b19-14-. The van der Waals surface area contributed by atoms with Crippen LogP contribution in [0.1, 0.15) is 15.2 Å². The number of methoxy groups -OCH3 is 1. The fourth-order valence-corrected chi connectivity index (χ4v) is 2.99. The number of hydrogen-bond donors (Lipinski definition) is 2. The van der Waals surface area contributed by atoms with Crippen LogP contribution >= 0.6 is 11.3 Å². The highest BCUT2D eigenvalue weighted by atomic mass is 32.1. The Morgan fingerprint density at radius 3 is 2.33 bits per heavy atom. The van der Waals surface area contributed by atoms with Crippen LogP contribution in [-0.4, -0.2) is 18.9 Å². The fourth-order valence-electron chi connectivity index (χ4n) is 2.33. The van der Waals surface area contributed by atoms with E-state index in [9.17, 15) is 9.59 Å². The van der Waals surface area contributed by atoms with E-state index in [1.54, 1.807) is 61.7 Å². The summed E-state index contributed by atoms with van der Waals surface area (Å²) in [7, 11) is 1.58. The van der Waals surface area contributed by atoms with Gasteiger partial charge in [0.25, 0.3) is 11.8 Å². The molecule has 2 aromatic carbocycles. The van der Waals surface area contributed by atoms with Crippen molar-refractivity contribution in [2.45, 2.75) is 0 Å². The third-order valence-electron chi connectivity index (χ3n) is 3.71. The van der Waals surface area contributed by atoms with E-state index in [1.807, 2.05) is 23.6 Å². The first kappa shape index (κ1) is 18.4. The van der Waals surface area contributed by atoms with Gasteiger partial charge < -0.3 is 15.4 Å². The third kappa shape index (κ3) is 5.05. The molecule has 2 amide bonds. The van der Waals surface area contributed by atoms with Crippen molar-refractivity contribution in [2.24, 2.45) is 0 Å². The molecule has 3 aromatic rings. The number of benzene rings is 2. The summed E-state index contributed by atoms with van der Waals surface area (Å²) in [6, 6.07) is 19.5. The zero-order valence-electron chi connectivity index (χ0n) is 14.6. The minimum Gasteiger partial charge on any atom is -0.497 e. The molecule has 0 aliphatic carbocycles. The van der Waals surface area contributed by atoms with Gasteiger partial charge in [-0.3, -0.25) is 9.59 Å². The second-order valence-electron chi connectivity index (χ2n) is 5.58. The molecule has 3 rings (SSSR count). The van der Waals surface area contributed by atoms with Gasteiger partial charge in [-0.05, 0) is 53.9 Å². The van der Waals surface area contributed by atoms with Gasteiger partial charge in [-0.1, -0.05) is 24.3 Å². The zero-order chi connectivity index (χ0) is 19.1. The summed E-state index contributed by atoms with van der Waals surface area (Å²) >= 11 is 1.48. The SMILES string of the molecule is COc1ccc(NC(=O)/C(=C/c2cccs2)NC(=O)c2ccccc2)cc1. The molecule has 0 aliphatic heterocycles. The molecule has 136 valence electrons. The lowest BCUT2D eigenvalue weighted by molar-refractivity contribution is -0.113. The van der Waals surface area contributed by atoms with E-state index in [-0.39, 0.29) is 11.6 Å². The van der Waals surface area contributed by atoms with Gasteiger partial charge in [-0.15, -0.1) is 11.3 Å². The molecule has 0 atom stereocenters. The van der Waals surface area contributed by atoms with Gasteiger partial charge in [0.15, 0.2) is 0 Å². The summed E-state index contributed by atoms with van der Waals surface area (Å²) in [5, 5.41) is 7.40. The minimum atomic E-state index is -0.405. The number of ether oxygens (including phenoxy) is 1. The Labute approximate surface area is 161 Å². The van der Waals surface area contributed by atoms with E-state index in [2.05, 4.69) is 10.6 Å². The Balaban J connectivity index is 1.80. The summed E-state index contributed by atoms with van der Waals surface area (Å²) < 4.78 is 5.11. The van der Waals surface area contributed by atoms with Gasteiger partial charge in [0.1, 0.15) is 11.4 Å². The zero-order valence-corrected chi connectivity index (χ0v) is 15.5. The molecule has 5 nitrogen and oxygen atoms in total. The molecule has 0 fully saturated rings. The molecule has 2 N–H and O–H groups in total. The number of carbonyl (C=O) groups excluding carboxylic acids is 2. The van der Waals surface area contributed by atoms with Crippen LogP contribution in [0.2, 0.25) is 0 Å². The Morgan fingerprint density at radius 1 is 0.963 bits per heavy atom. The summed E-state index contributed by atoms with van der Waals surface area (Å²) in [6.07, 6.45) is 1.66. The largest absolute Gasteiger partial charge is 0.497 e. The first-order valence-electron chi connectivity index (χ1n) is 8.23. The molecular weight excluding hydrogens is 360 g/mol. The van der Waals surface area contributed by atoms with Gasteiger partial charge in [0.2, 0.25) is 0 Å². The van der Waals surface area contributed by atoms with Crippen molar-refractivity contribution in [3.63, 3.8) is 0 Å². The normalized spacial score (nSPS) is 10.9. The van der Waals surface area contributed by atoms with Crippen LogP contribution in [-0.2, 0) is 4.79 Å². The van der Waals surface area contributed by atoms with Crippen molar-refractivity contribution in [3.05, 3.63) is 88.2 Å². The lowest BCUT2D eigenvalue weighted by Crippen LogP contribution is -2.30. The Kier molecular flexibility index (Phi) is 6.02. The number of carbonyl (C=O) groups is 2. The predicted octanol–water partition coefficient (Wildman–Crippen LogP) is 4.17. The highest BCUT2D eigenvalue weighted by Crippen LogP contribution is 2.17. The number of nitrogens with one attached hydrogen (secondary N) is 2. The van der Waals surface area contributed by atoms with Crippen LogP contribution in [0.4, 0.5) is 5.69 Å². The lowest BCUT2D eigenvalue weighted by Gasteiger charge is -2.11. The van der Waals surface area contributed by atoms with Crippen molar-refractivity contribution in [2.75, 3.05) is 12.4 Å². The highest BCUT2D eigenvalue weighted by molar-refractivity contribution is 7.10. The Hall–Kier alpha value is -3.38.